The number of ether oxygens (including phenoxy) is 1. The molecule has 1 atom stereocenters. The number of nitrogens with zero attached hydrogens (tertiary/aromatic N) is 4. The molecule has 10 heteroatoms. The van der Waals surface area contributed by atoms with Gasteiger partial charge in [0.05, 0.1) is 22.3 Å². The Kier molecular flexibility index (Phi) is 14.8. The minimum atomic E-state index is -0.465. The zero-order valence-electron chi connectivity index (χ0n) is 28.9. The first kappa shape index (κ1) is 37.2. The molecule has 0 spiro atoms. The lowest BCUT2D eigenvalue weighted by Gasteiger charge is -2.16. The lowest BCUT2D eigenvalue weighted by Crippen LogP contribution is -2.16. The summed E-state index contributed by atoms with van der Waals surface area (Å²) in [4.78, 5) is 14.5. The molecule has 2 N–H and O–H groups in total. The van der Waals surface area contributed by atoms with E-state index in [2.05, 4.69) is 27.8 Å². The molecule has 1 unspecified atom stereocenters. The van der Waals surface area contributed by atoms with Crippen LogP contribution in [0, 0.1) is 0 Å². The number of unbranched alkanes of at least 4 members (excludes halogenated alkanes) is 11. The second kappa shape index (κ2) is 19.9. The van der Waals surface area contributed by atoms with Gasteiger partial charge in [0.25, 0.3) is 5.91 Å². The first-order valence-corrected chi connectivity index (χ1v) is 19.2. The summed E-state index contributed by atoms with van der Waals surface area (Å²) in [7, 11) is 0. The smallest absolute Gasteiger partial charge is 0.259 e. The number of alkyl halides is 1. The SMILES string of the molecule is CCCCCCCCCCCCCCC(Cl)COc1ccccc1NC(=O)c1cc(Sc2nnnn2-c2ccccc2)c2ccccc2c1O. The molecule has 5 aromatic rings. The number of phenols is 1. The van der Waals surface area contributed by atoms with Gasteiger partial charge in [0, 0.05) is 10.3 Å². The van der Waals surface area contributed by atoms with Crippen LogP contribution in [0.5, 0.6) is 11.5 Å². The Hall–Kier alpha value is -4.08. The van der Waals surface area contributed by atoms with Crippen molar-refractivity contribution in [3.05, 3.63) is 90.5 Å². The Morgan fingerprint density at radius 2 is 1.46 bits per heavy atom. The summed E-state index contributed by atoms with van der Waals surface area (Å²) in [6.45, 7) is 2.60. The van der Waals surface area contributed by atoms with Crippen molar-refractivity contribution in [1.29, 1.82) is 0 Å². The van der Waals surface area contributed by atoms with Crippen molar-refractivity contribution in [1.82, 2.24) is 20.2 Å². The molecule has 0 radical (unpaired) electrons. The molecule has 264 valence electrons. The van der Waals surface area contributed by atoms with Crippen LogP contribution in [0.2, 0.25) is 0 Å². The third kappa shape index (κ3) is 10.7. The van der Waals surface area contributed by atoms with E-state index in [1.807, 2.05) is 66.7 Å². The third-order valence-corrected chi connectivity index (χ3v) is 10.1. The molecule has 8 nitrogen and oxygen atoms in total. The van der Waals surface area contributed by atoms with E-state index >= 15 is 0 Å². The van der Waals surface area contributed by atoms with E-state index in [9.17, 15) is 9.90 Å². The molecular weight excluding hydrogens is 666 g/mol. The first-order valence-electron chi connectivity index (χ1n) is 18.0. The standard InChI is InChI=1S/C40H48ClN5O3S/c1-2-3-4-5-6-7-8-9-10-11-12-14-21-30(41)29-49-36-27-20-19-26-35(36)42-39(48)34-28-37(32-24-17-18-25-33(32)38(34)47)50-40-43-44-45-46(40)31-22-15-13-16-23-31/h13,15-20,22-28,30,47H,2-12,14,21,29H2,1H3,(H,42,48). The van der Waals surface area contributed by atoms with E-state index in [4.69, 9.17) is 16.3 Å². The molecule has 0 aliphatic heterocycles. The van der Waals surface area contributed by atoms with E-state index in [-0.39, 0.29) is 16.7 Å². The fourth-order valence-corrected chi connectivity index (χ4v) is 7.20. The van der Waals surface area contributed by atoms with E-state index in [1.165, 1.54) is 82.4 Å². The number of halogens is 1. The van der Waals surface area contributed by atoms with Gasteiger partial charge in [0.2, 0.25) is 5.16 Å². The van der Waals surface area contributed by atoms with Gasteiger partial charge in [-0.15, -0.1) is 16.7 Å². The number of phenolic OH excluding ortho intramolecular Hbond substituents is 1. The number of fused-ring (bicyclic) bond motifs is 1. The van der Waals surface area contributed by atoms with Crippen molar-refractivity contribution in [3.63, 3.8) is 0 Å². The second-order valence-electron chi connectivity index (χ2n) is 12.7. The number of carbonyl (C=O) groups is 1. The molecule has 4 aromatic carbocycles. The average Bonchev–Trinajstić information content (AvgIpc) is 3.61. The monoisotopic (exact) mass is 713 g/mol. The van der Waals surface area contributed by atoms with Crippen LogP contribution in [-0.4, -0.2) is 43.2 Å². The van der Waals surface area contributed by atoms with Crippen molar-refractivity contribution < 1.29 is 14.6 Å². The Labute approximate surface area is 305 Å². The number of rotatable bonds is 21. The number of hydrogen-bond donors (Lipinski definition) is 2. The van der Waals surface area contributed by atoms with Crippen molar-refractivity contribution >= 4 is 45.7 Å². The summed E-state index contributed by atoms with van der Waals surface area (Å²) >= 11 is 7.98. The Bertz CT molecular complexity index is 1780. The summed E-state index contributed by atoms with van der Waals surface area (Å²) in [5, 5.41) is 28.2. The molecule has 0 saturated heterocycles. The number of nitrogens with one attached hydrogen (secondary N) is 1. The zero-order valence-corrected chi connectivity index (χ0v) is 30.5. The molecule has 0 bridgehead atoms. The number of anilines is 1. The highest BCUT2D eigenvalue weighted by Gasteiger charge is 2.21. The molecule has 0 aliphatic rings. The van der Waals surface area contributed by atoms with Crippen molar-refractivity contribution in [2.45, 2.75) is 106 Å². The fraction of sp³-hybridized carbons (Fsp3) is 0.400. The molecule has 1 heterocycles. The lowest BCUT2D eigenvalue weighted by atomic mass is 10.0. The van der Waals surface area contributed by atoms with Gasteiger partial charge in [-0.05, 0) is 64.3 Å². The Balaban J connectivity index is 1.16. The van der Waals surface area contributed by atoms with Crippen LogP contribution in [-0.2, 0) is 0 Å². The maximum absolute atomic E-state index is 13.7. The molecule has 1 amide bonds. The minimum absolute atomic E-state index is 0.105. The molecule has 1 aromatic heterocycles. The molecule has 5 rings (SSSR count). The van der Waals surface area contributed by atoms with E-state index in [0.29, 0.717) is 28.6 Å². The maximum Gasteiger partial charge on any atom is 0.259 e. The number of aromatic hydroxyl groups is 1. The zero-order chi connectivity index (χ0) is 35.0. The summed E-state index contributed by atoms with van der Waals surface area (Å²) in [6.07, 6.45) is 16.6. The number of hydrogen-bond acceptors (Lipinski definition) is 7. The van der Waals surface area contributed by atoms with E-state index < -0.39 is 5.91 Å². The molecule has 0 fully saturated rings. The van der Waals surface area contributed by atoms with Gasteiger partial charge in [0.1, 0.15) is 18.1 Å². The van der Waals surface area contributed by atoms with E-state index in [0.717, 1.165) is 28.8 Å². The van der Waals surface area contributed by atoms with Crippen LogP contribution in [0.25, 0.3) is 16.5 Å². The summed E-state index contributed by atoms with van der Waals surface area (Å²) < 4.78 is 7.75. The van der Waals surface area contributed by atoms with Crippen LogP contribution in [0.1, 0.15) is 101 Å². The Morgan fingerprint density at radius 1 is 0.840 bits per heavy atom. The summed E-state index contributed by atoms with van der Waals surface area (Å²) in [6, 6.07) is 26.0. The van der Waals surface area contributed by atoms with Gasteiger partial charge in [-0.25, -0.2) is 0 Å². The highest BCUT2D eigenvalue weighted by Crippen LogP contribution is 2.40. The molecule has 0 aliphatic carbocycles. The maximum atomic E-state index is 13.7. The third-order valence-electron chi connectivity index (χ3n) is 8.79. The predicted octanol–water partition coefficient (Wildman–Crippen LogP) is 11.0. The van der Waals surface area contributed by atoms with Gasteiger partial charge < -0.3 is 15.2 Å². The second-order valence-corrected chi connectivity index (χ2v) is 14.3. The number of benzene rings is 4. The first-order chi connectivity index (χ1) is 24.5. The van der Waals surface area contributed by atoms with Crippen LogP contribution < -0.4 is 10.1 Å². The van der Waals surface area contributed by atoms with Crippen molar-refractivity contribution in [3.8, 4) is 17.2 Å². The topological polar surface area (TPSA) is 102 Å². The Morgan fingerprint density at radius 3 is 2.18 bits per heavy atom. The quantitative estimate of drug-likeness (QED) is 0.0576. The van der Waals surface area contributed by atoms with Gasteiger partial charge >= 0.3 is 0 Å². The fourth-order valence-electron chi connectivity index (χ4n) is 6.01. The predicted molar refractivity (Wildman–Crippen MR) is 204 cm³/mol. The number of tetrazole rings is 1. The van der Waals surface area contributed by atoms with E-state index in [1.54, 1.807) is 22.9 Å². The van der Waals surface area contributed by atoms with Gasteiger partial charge in [-0.2, -0.15) is 4.68 Å². The largest absolute Gasteiger partial charge is 0.506 e. The van der Waals surface area contributed by atoms with Crippen LogP contribution in [0.4, 0.5) is 5.69 Å². The lowest BCUT2D eigenvalue weighted by molar-refractivity contribution is 0.102. The van der Waals surface area contributed by atoms with Crippen molar-refractivity contribution in [2.24, 2.45) is 0 Å². The number of para-hydroxylation sites is 3. The highest BCUT2D eigenvalue weighted by molar-refractivity contribution is 7.99. The average molecular weight is 714 g/mol. The normalized spacial score (nSPS) is 11.9. The highest BCUT2D eigenvalue weighted by atomic mass is 35.5. The molecular formula is C40H48ClN5O3S. The minimum Gasteiger partial charge on any atom is -0.506 e. The summed E-state index contributed by atoms with van der Waals surface area (Å²) in [5.41, 5.74) is 1.44. The number of carbonyl (C=O) groups excluding carboxylic acids is 1. The molecule has 50 heavy (non-hydrogen) atoms. The number of amides is 1. The van der Waals surface area contributed by atoms with Crippen LogP contribution in [0.15, 0.2) is 95.0 Å². The van der Waals surface area contributed by atoms with Crippen LogP contribution >= 0.6 is 23.4 Å². The van der Waals surface area contributed by atoms with Crippen molar-refractivity contribution in [2.75, 3.05) is 11.9 Å². The van der Waals surface area contributed by atoms with Gasteiger partial charge in [-0.3, -0.25) is 4.79 Å². The van der Waals surface area contributed by atoms with Gasteiger partial charge in [-0.1, -0.05) is 139 Å². The van der Waals surface area contributed by atoms with Crippen LogP contribution in [0.3, 0.4) is 0 Å². The summed E-state index contributed by atoms with van der Waals surface area (Å²) in [5.74, 6) is -0.0439. The number of aromatic nitrogens is 4. The van der Waals surface area contributed by atoms with Gasteiger partial charge in [0.15, 0.2) is 0 Å². The molecule has 0 saturated carbocycles.